The molecule has 0 heterocycles. The molecule has 5 heteroatoms. The second-order valence-electron chi connectivity index (χ2n) is 5.07. The summed E-state index contributed by atoms with van der Waals surface area (Å²) in [5.41, 5.74) is -0.663. The molecule has 0 spiro atoms. The third-order valence-electron chi connectivity index (χ3n) is 3.23. The normalized spacial score (nSPS) is 11.6. The molecule has 120 valence electrons. The van der Waals surface area contributed by atoms with Gasteiger partial charge in [-0.1, -0.05) is 38.2 Å². The summed E-state index contributed by atoms with van der Waals surface area (Å²) in [6.45, 7) is 0.470. The molecule has 0 saturated heterocycles. The average molecular weight is 320 g/mol. The lowest BCUT2D eigenvalue weighted by molar-refractivity contribution is -0.137. The fraction of sp³-hybridized carbons (Fsp3) is 0.625. The van der Waals surface area contributed by atoms with Gasteiger partial charge < -0.3 is 4.74 Å². The van der Waals surface area contributed by atoms with Crippen LogP contribution in [-0.2, 0) is 6.18 Å². The number of benzene rings is 1. The van der Waals surface area contributed by atoms with Crippen LogP contribution >= 0.6 is 12.6 Å². The minimum atomic E-state index is -4.31. The van der Waals surface area contributed by atoms with Crippen LogP contribution in [-0.4, -0.2) is 12.4 Å². The van der Waals surface area contributed by atoms with Crippen molar-refractivity contribution >= 4 is 12.6 Å². The van der Waals surface area contributed by atoms with Crippen molar-refractivity contribution in [2.24, 2.45) is 0 Å². The molecule has 0 bridgehead atoms. The number of hydrogen-bond donors (Lipinski definition) is 1. The molecule has 1 rings (SSSR count). The van der Waals surface area contributed by atoms with E-state index < -0.39 is 11.7 Å². The second kappa shape index (κ2) is 9.98. The predicted molar refractivity (Wildman–Crippen MR) is 83.1 cm³/mol. The molecule has 0 radical (unpaired) electrons. The number of hydrogen-bond acceptors (Lipinski definition) is 2. The van der Waals surface area contributed by atoms with Crippen LogP contribution in [0.1, 0.15) is 50.5 Å². The summed E-state index contributed by atoms with van der Waals surface area (Å²) in [6, 6.07) is 5.04. The molecule has 1 nitrogen and oxygen atoms in total. The lowest BCUT2D eigenvalue weighted by Gasteiger charge is -2.10. The van der Waals surface area contributed by atoms with E-state index in [9.17, 15) is 13.2 Å². The van der Waals surface area contributed by atoms with Crippen molar-refractivity contribution in [3.05, 3.63) is 29.8 Å². The van der Waals surface area contributed by atoms with E-state index in [1.165, 1.54) is 31.7 Å². The summed E-state index contributed by atoms with van der Waals surface area (Å²) in [5.74, 6) is 1.24. The van der Waals surface area contributed by atoms with Crippen molar-refractivity contribution in [3.63, 3.8) is 0 Å². The molecule has 0 aliphatic carbocycles. The molecule has 0 unspecified atom stereocenters. The zero-order chi connectivity index (χ0) is 15.6. The van der Waals surface area contributed by atoms with Crippen LogP contribution in [0.5, 0.6) is 5.75 Å². The van der Waals surface area contributed by atoms with Crippen molar-refractivity contribution in [2.45, 2.75) is 51.1 Å². The Kier molecular flexibility index (Phi) is 8.66. The number of thiol groups is 1. The van der Waals surface area contributed by atoms with E-state index in [0.29, 0.717) is 12.4 Å². The van der Waals surface area contributed by atoms with Crippen LogP contribution in [0.4, 0.5) is 13.2 Å². The molecule has 0 atom stereocenters. The maximum absolute atomic E-state index is 12.5. The van der Waals surface area contributed by atoms with Crippen molar-refractivity contribution in [1.82, 2.24) is 0 Å². The van der Waals surface area contributed by atoms with Crippen LogP contribution in [0.25, 0.3) is 0 Å². The zero-order valence-corrected chi connectivity index (χ0v) is 13.1. The van der Waals surface area contributed by atoms with Crippen LogP contribution in [0.15, 0.2) is 24.3 Å². The van der Waals surface area contributed by atoms with E-state index in [1.54, 1.807) is 6.07 Å². The summed E-state index contributed by atoms with van der Waals surface area (Å²) in [6.07, 6.45) is 3.60. The second-order valence-corrected chi connectivity index (χ2v) is 5.52. The van der Waals surface area contributed by atoms with E-state index in [-0.39, 0.29) is 0 Å². The fourth-order valence-corrected chi connectivity index (χ4v) is 2.27. The molecule has 0 amide bonds. The van der Waals surface area contributed by atoms with Gasteiger partial charge in [0, 0.05) is 0 Å². The molecule has 1 aromatic carbocycles. The lowest BCUT2D eigenvalue weighted by Crippen LogP contribution is -2.05. The molecule has 0 N–H and O–H groups in total. The predicted octanol–water partition coefficient (Wildman–Crippen LogP) is 5.74. The van der Waals surface area contributed by atoms with Gasteiger partial charge in [-0.05, 0) is 36.8 Å². The Hall–Kier alpha value is -0.840. The van der Waals surface area contributed by atoms with E-state index in [0.717, 1.165) is 37.1 Å². The van der Waals surface area contributed by atoms with Gasteiger partial charge in [-0.2, -0.15) is 25.8 Å². The number of rotatable bonds is 10. The number of unbranched alkanes of at least 4 members (excludes halogenated alkanes) is 6. The number of ether oxygens (including phenoxy) is 1. The smallest absolute Gasteiger partial charge is 0.416 e. The van der Waals surface area contributed by atoms with Gasteiger partial charge in [0.05, 0.1) is 12.2 Å². The molecule has 0 aromatic heterocycles. The van der Waals surface area contributed by atoms with E-state index in [1.807, 2.05) is 0 Å². The Morgan fingerprint density at radius 3 is 2.14 bits per heavy atom. The summed E-state index contributed by atoms with van der Waals surface area (Å²) in [4.78, 5) is 0. The Labute approximate surface area is 130 Å². The van der Waals surface area contributed by atoms with Crippen LogP contribution in [0, 0.1) is 0 Å². The molecule has 21 heavy (non-hydrogen) atoms. The Balaban J connectivity index is 2.13. The first-order valence-electron chi connectivity index (χ1n) is 7.45. The van der Waals surface area contributed by atoms with Gasteiger partial charge in [0.2, 0.25) is 0 Å². The van der Waals surface area contributed by atoms with Gasteiger partial charge in [-0.25, -0.2) is 0 Å². The van der Waals surface area contributed by atoms with Gasteiger partial charge in [0.25, 0.3) is 0 Å². The van der Waals surface area contributed by atoms with Crippen molar-refractivity contribution in [2.75, 3.05) is 12.4 Å². The maximum atomic E-state index is 12.5. The molecule has 0 aliphatic rings. The highest BCUT2D eigenvalue weighted by Crippen LogP contribution is 2.31. The van der Waals surface area contributed by atoms with Crippen LogP contribution in [0.2, 0.25) is 0 Å². The van der Waals surface area contributed by atoms with E-state index in [2.05, 4.69) is 12.6 Å². The first kappa shape index (κ1) is 18.2. The van der Waals surface area contributed by atoms with E-state index >= 15 is 0 Å². The minimum Gasteiger partial charge on any atom is -0.494 e. The highest BCUT2D eigenvalue weighted by molar-refractivity contribution is 7.80. The van der Waals surface area contributed by atoms with Crippen LogP contribution in [0.3, 0.4) is 0 Å². The zero-order valence-electron chi connectivity index (χ0n) is 12.2. The van der Waals surface area contributed by atoms with Crippen LogP contribution < -0.4 is 4.74 Å². The minimum absolute atomic E-state index is 0.290. The first-order chi connectivity index (χ1) is 10.0. The average Bonchev–Trinajstić information content (AvgIpc) is 2.45. The van der Waals surface area contributed by atoms with Gasteiger partial charge in [0.1, 0.15) is 5.75 Å². The monoisotopic (exact) mass is 320 g/mol. The summed E-state index contributed by atoms with van der Waals surface area (Å²) < 4.78 is 42.9. The summed E-state index contributed by atoms with van der Waals surface area (Å²) >= 11 is 4.16. The Bertz CT molecular complexity index is 393. The third kappa shape index (κ3) is 8.24. The van der Waals surface area contributed by atoms with Gasteiger partial charge >= 0.3 is 6.18 Å². The molecule has 0 fully saturated rings. The van der Waals surface area contributed by atoms with Gasteiger partial charge in [-0.3, -0.25) is 0 Å². The Morgan fingerprint density at radius 1 is 0.905 bits per heavy atom. The topological polar surface area (TPSA) is 9.23 Å². The lowest BCUT2D eigenvalue weighted by atomic mass is 10.1. The highest BCUT2D eigenvalue weighted by Gasteiger charge is 2.30. The Morgan fingerprint density at radius 2 is 1.52 bits per heavy atom. The van der Waals surface area contributed by atoms with Gasteiger partial charge in [-0.15, -0.1) is 0 Å². The first-order valence-corrected chi connectivity index (χ1v) is 8.08. The number of alkyl halides is 3. The maximum Gasteiger partial charge on any atom is 0.416 e. The molecular weight excluding hydrogens is 297 g/mol. The van der Waals surface area contributed by atoms with E-state index in [4.69, 9.17) is 4.74 Å². The SMILES string of the molecule is FC(F)(F)c1cccc(OCCCCCCCCCS)c1. The largest absolute Gasteiger partial charge is 0.494 e. The van der Waals surface area contributed by atoms with Crippen molar-refractivity contribution < 1.29 is 17.9 Å². The fourth-order valence-electron chi connectivity index (χ4n) is 2.05. The summed E-state index contributed by atoms with van der Waals surface area (Å²) in [5, 5.41) is 0. The highest BCUT2D eigenvalue weighted by atomic mass is 32.1. The number of halogens is 3. The molecule has 1 aromatic rings. The summed E-state index contributed by atoms with van der Waals surface area (Å²) in [7, 11) is 0. The molecular formula is C16H23F3OS. The molecule has 0 aliphatic heterocycles. The standard InChI is InChI=1S/C16H23F3OS/c17-16(18,19)14-9-8-10-15(13-14)20-11-6-4-2-1-3-5-7-12-21/h8-10,13,21H,1-7,11-12H2. The quantitative estimate of drug-likeness (QED) is 0.427. The van der Waals surface area contributed by atoms with Gasteiger partial charge in [0.15, 0.2) is 0 Å². The third-order valence-corrected chi connectivity index (χ3v) is 3.55. The van der Waals surface area contributed by atoms with Crippen molar-refractivity contribution in [1.29, 1.82) is 0 Å². The van der Waals surface area contributed by atoms with Crippen molar-refractivity contribution in [3.8, 4) is 5.75 Å². The molecule has 0 saturated carbocycles.